The molecule has 3 aromatic rings. The molecular weight excluding hydrogens is 250 g/mol. The van der Waals surface area contributed by atoms with Gasteiger partial charge in [-0.05, 0) is 36.8 Å². The smallest absolute Gasteiger partial charge is 0.258 e. The zero-order chi connectivity index (χ0) is 13.9. The van der Waals surface area contributed by atoms with Crippen molar-refractivity contribution in [2.45, 2.75) is 13.5 Å². The Balaban J connectivity index is 1.86. The van der Waals surface area contributed by atoms with Crippen molar-refractivity contribution in [3.05, 3.63) is 70.3 Å². The van der Waals surface area contributed by atoms with Crippen molar-refractivity contribution in [3.8, 4) is 0 Å². The van der Waals surface area contributed by atoms with Gasteiger partial charge in [0.15, 0.2) is 0 Å². The van der Waals surface area contributed by atoms with Crippen molar-refractivity contribution in [1.82, 2.24) is 9.97 Å². The zero-order valence-corrected chi connectivity index (χ0v) is 11.2. The molecule has 0 aliphatic heterocycles. The number of nitrogens with one attached hydrogen (secondary N) is 2. The Morgan fingerprint density at radius 3 is 2.85 bits per heavy atom. The van der Waals surface area contributed by atoms with E-state index in [-0.39, 0.29) is 5.56 Å². The van der Waals surface area contributed by atoms with E-state index in [0.717, 1.165) is 11.2 Å². The fourth-order valence-electron chi connectivity index (χ4n) is 2.16. The predicted molar refractivity (Wildman–Crippen MR) is 80.9 cm³/mol. The molecule has 0 spiro atoms. The summed E-state index contributed by atoms with van der Waals surface area (Å²) in [5, 5.41) is 3.88. The van der Waals surface area contributed by atoms with Crippen LogP contribution in [0.3, 0.4) is 0 Å². The fourth-order valence-corrected chi connectivity index (χ4v) is 2.16. The molecule has 0 bridgehead atoms. The normalized spacial score (nSPS) is 10.7. The first-order valence-corrected chi connectivity index (χ1v) is 6.51. The van der Waals surface area contributed by atoms with Crippen LogP contribution < -0.4 is 10.9 Å². The fraction of sp³-hybridized carbons (Fsp3) is 0.125. The lowest BCUT2D eigenvalue weighted by molar-refractivity contribution is 0.953. The molecule has 1 heterocycles. The van der Waals surface area contributed by atoms with E-state index in [9.17, 15) is 4.79 Å². The second kappa shape index (κ2) is 5.17. The minimum absolute atomic E-state index is 0.100. The number of nitrogens with zero attached hydrogens (tertiary/aromatic N) is 1. The third-order valence-electron chi connectivity index (χ3n) is 3.14. The van der Waals surface area contributed by atoms with Crippen molar-refractivity contribution >= 4 is 16.6 Å². The van der Waals surface area contributed by atoms with Crippen LogP contribution in [0.15, 0.2) is 53.3 Å². The van der Waals surface area contributed by atoms with E-state index in [1.807, 2.05) is 43.3 Å². The number of hydrogen-bond donors (Lipinski definition) is 2. The number of fused-ring (bicyclic) bond motifs is 1. The average Bonchev–Trinajstić information content (AvgIpc) is 2.45. The number of para-hydroxylation sites is 1. The monoisotopic (exact) mass is 265 g/mol. The number of benzene rings is 2. The lowest BCUT2D eigenvalue weighted by Crippen LogP contribution is -2.14. The van der Waals surface area contributed by atoms with Gasteiger partial charge in [0.05, 0.1) is 17.4 Å². The van der Waals surface area contributed by atoms with Crippen molar-refractivity contribution in [2.75, 3.05) is 5.32 Å². The minimum Gasteiger partial charge on any atom is -0.378 e. The first kappa shape index (κ1) is 12.4. The van der Waals surface area contributed by atoms with Crippen LogP contribution in [0, 0.1) is 6.92 Å². The minimum atomic E-state index is -0.100. The Kier molecular flexibility index (Phi) is 3.21. The maximum absolute atomic E-state index is 11.9. The van der Waals surface area contributed by atoms with Crippen LogP contribution in [-0.4, -0.2) is 9.97 Å². The summed E-state index contributed by atoms with van der Waals surface area (Å²) in [4.78, 5) is 19.2. The molecule has 0 radical (unpaired) electrons. The highest BCUT2D eigenvalue weighted by Crippen LogP contribution is 2.11. The molecule has 1 aromatic heterocycles. The first-order chi connectivity index (χ1) is 9.72. The summed E-state index contributed by atoms with van der Waals surface area (Å²) in [7, 11) is 0. The van der Waals surface area contributed by atoms with E-state index in [1.165, 1.54) is 5.56 Å². The van der Waals surface area contributed by atoms with Crippen LogP contribution in [0.5, 0.6) is 0 Å². The molecule has 0 amide bonds. The van der Waals surface area contributed by atoms with Gasteiger partial charge in [-0.3, -0.25) is 4.79 Å². The molecule has 0 saturated heterocycles. The van der Waals surface area contributed by atoms with Crippen molar-refractivity contribution in [3.63, 3.8) is 0 Å². The van der Waals surface area contributed by atoms with Crippen LogP contribution >= 0.6 is 0 Å². The highest BCUT2D eigenvalue weighted by molar-refractivity contribution is 5.77. The molecule has 3 rings (SSSR count). The van der Waals surface area contributed by atoms with E-state index in [2.05, 4.69) is 21.4 Å². The van der Waals surface area contributed by atoms with E-state index < -0.39 is 0 Å². The summed E-state index contributed by atoms with van der Waals surface area (Å²) in [6.45, 7) is 2.53. The molecule has 2 aromatic carbocycles. The van der Waals surface area contributed by atoms with Gasteiger partial charge in [0.2, 0.25) is 0 Å². The largest absolute Gasteiger partial charge is 0.378 e. The molecule has 0 aliphatic rings. The van der Waals surface area contributed by atoms with Gasteiger partial charge in [-0.1, -0.05) is 24.3 Å². The third kappa shape index (κ3) is 2.54. The lowest BCUT2D eigenvalue weighted by atomic mass is 10.2. The molecule has 0 aliphatic carbocycles. The average molecular weight is 265 g/mol. The highest BCUT2D eigenvalue weighted by atomic mass is 16.1. The quantitative estimate of drug-likeness (QED) is 0.765. The van der Waals surface area contributed by atoms with Crippen LogP contribution in [0.4, 0.5) is 5.69 Å². The topological polar surface area (TPSA) is 57.8 Å². The van der Waals surface area contributed by atoms with Gasteiger partial charge < -0.3 is 10.3 Å². The Morgan fingerprint density at radius 1 is 1.15 bits per heavy atom. The first-order valence-electron chi connectivity index (χ1n) is 6.51. The van der Waals surface area contributed by atoms with Gasteiger partial charge in [0.1, 0.15) is 5.82 Å². The van der Waals surface area contributed by atoms with Gasteiger partial charge in [-0.2, -0.15) is 0 Å². The Morgan fingerprint density at radius 2 is 2.00 bits per heavy atom. The molecule has 4 nitrogen and oxygen atoms in total. The van der Waals surface area contributed by atoms with Gasteiger partial charge in [0.25, 0.3) is 5.56 Å². The van der Waals surface area contributed by atoms with Crippen LogP contribution in [0.2, 0.25) is 0 Å². The van der Waals surface area contributed by atoms with Gasteiger partial charge in [-0.25, -0.2) is 4.98 Å². The second-order valence-electron chi connectivity index (χ2n) is 4.75. The van der Waals surface area contributed by atoms with Crippen molar-refractivity contribution in [1.29, 1.82) is 0 Å². The Labute approximate surface area is 116 Å². The second-order valence-corrected chi connectivity index (χ2v) is 4.75. The van der Waals surface area contributed by atoms with E-state index in [1.54, 1.807) is 6.07 Å². The molecule has 2 N–H and O–H groups in total. The summed E-state index contributed by atoms with van der Waals surface area (Å²) in [6.07, 6.45) is 0. The number of hydrogen-bond acceptors (Lipinski definition) is 3. The molecule has 0 unspecified atom stereocenters. The number of aromatic nitrogens is 2. The molecular formula is C16H15N3O. The summed E-state index contributed by atoms with van der Waals surface area (Å²) in [6, 6.07) is 15.4. The van der Waals surface area contributed by atoms with Crippen LogP contribution in [0.1, 0.15) is 11.4 Å². The summed E-state index contributed by atoms with van der Waals surface area (Å²) in [5.41, 5.74) is 2.82. The maximum atomic E-state index is 11.9. The SMILES string of the molecule is Cc1cccc(NCc2nc3ccccc3c(=O)[nH]2)c1. The molecule has 0 atom stereocenters. The van der Waals surface area contributed by atoms with Crippen LogP contribution in [-0.2, 0) is 6.54 Å². The summed E-state index contributed by atoms with van der Waals surface area (Å²) < 4.78 is 0. The highest BCUT2D eigenvalue weighted by Gasteiger charge is 2.02. The predicted octanol–water partition coefficient (Wildman–Crippen LogP) is 2.84. The van der Waals surface area contributed by atoms with E-state index in [4.69, 9.17) is 0 Å². The molecule has 0 saturated carbocycles. The van der Waals surface area contributed by atoms with Gasteiger partial charge in [0, 0.05) is 5.69 Å². The number of H-pyrrole nitrogens is 1. The zero-order valence-electron chi connectivity index (χ0n) is 11.2. The number of rotatable bonds is 3. The van der Waals surface area contributed by atoms with Gasteiger partial charge >= 0.3 is 0 Å². The molecule has 0 fully saturated rings. The van der Waals surface area contributed by atoms with E-state index >= 15 is 0 Å². The summed E-state index contributed by atoms with van der Waals surface area (Å²) >= 11 is 0. The lowest BCUT2D eigenvalue weighted by Gasteiger charge is -2.07. The van der Waals surface area contributed by atoms with Crippen molar-refractivity contribution < 1.29 is 0 Å². The molecule has 4 heteroatoms. The molecule has 100 valence electrons. The van der Waals surface area contributed by atoms with Crippen molar-refractivity contribution in [2.24, 2.45) is 0 Å². The van der Waals surface area contributed by atoms with Crippen LogP contribution in [0.25, 0.3) is 10.9 Å². The molecule has 20 heavy (non-hydrogen) atoms. The Bertz CT molecular complexity index is 808. The number of anilines is 1. The standard InChI is InChI=1S/C16H15N3O/c1-11-5-4-6-12(9-11)17-10-15-18-14-8-3-2-7-13(14)16(20)19-15/h2-9,17H,10H2,1H3,(H,18,19,20). The Hall–Kier alpha value is -2.62. The third-order valence-corrected chi connectivity index (χ3v) is 3.14. The summed E-state index contributed by atoms with van der Waals surface area (Å²) in [5.74, 6) is 0.634. The maximum Gasteiger partial charge on any atom is 0.258 e. The van der Waals surface area contributed by atoms with Gasteiger partial charge in [-0.15, -0.1) is 0 Å². The number of aromatic amines is 1. The number of aryl methyl sites for hydroxylation is 1. The van der Waals surface area contributed by atoms with E-state index in [0.29, 0.717) is 17.8 Å².